The van der Waals surface area contributed by atoms with Gasteiger partial charge in [-0.3, -0.25) is 9.98 Å². The monoisotopic (exact) mass is 544 g/mol. The van der Waals surface area contributed by atoms with Crippen LogP contribution in [-0.2, 0) is 30.4 Å². The van der Waals surface area contributed by atoms with E-state index in [1.165, 1.54) is 0 Å². The minimum absolute atomic E-state index is 0.173. The average Bonchev–Trinajstić information content (AvgIpc) is 2.94. The summed E-state index contributed by atoms with van der Waals surface area (Å²) in [7, 11) is -1.60. The number of aliphatic imine (C=N–C) groups is 1. The van der Waals surface area contributed by atoms with Gasteiger partial charge in [-0.1, -0.05) is 48.0 Å². The van der Waals surface area contributed by atoms with Gasteiger partial charge in [0.25, 0.3) is 0 Å². The molecule has 1 aliphatic heterocycles. The topological polar surface area (TPSA) is 102 Å². The highest BCUT2D eigenvalue weighted by Gasteiger charge is 2.15. The van der Waals surface area contributed by atoms with Crippen molar-refractivity contribution >= 4 is 39.8 Å². The Hall–Kier alpha value is -3.93. The van der Waals surface area contributed by atoms with Crippen LogP contribution in [0.25, 0.3) is 0 Å². The molecule has 3 N–H and O–H groups in total. The van der Waals surface area contributed by atoms with Crippen molar-refractivity contribution in [3.63, 3.8) is 0 Å². The molecule has 2 heterocycles. The summed E-state index contributed by atoms with van der Waals surface area (Å²) < 4.78 is 16.3. The molecule has 0 fully saturated rings. The Bertz CT molecular complexity index is 1440. The van der Waals surface area contributed by atoms with Crippen molar-refractivity contribution in [2.24, 2.45) is 4.99 Å². The Morgan fingerprint density at radius 3 is 2.84 bits per heavy atom. The van der Waals surface area contributed by atoms with Crippen LogP contribution in [0.4, 0.5) is 11.4 Å². The molecule has 194 valence electrons. The zero-order chi connectivity index (χ0) is 26.9. The number of nitriles is 1. The van der Waals surface area contributed by atoms with Gasteiger partial charge in [0.1, 0.15) is 18.1 Å². The van der Waals surface area contributed by atoms with Gasteiger partial charge in [-0.25, -0.2) is 4.21 Å². The van der Waals surface area contributed by atoms with Crippen molar-refractivity contribution in [2.45, 2.75) is 43.8 Å². The van der Waals surface area contributed by atoms with Crippen molar-refractivity contribution in [3.8, 4) is 6.07 Å². The van der Waals surface area contributed by atoms with Gasteiger partial charge in [0.2, 0.25) is 0 Å². The number of amidine groups is 1. The molecule has 0 saturated carbocycles. The second-order valence-electron chi connectivity index (χ2n) is 8.72. The molecule has 1 aromatic heterocycles. The van der Waals surface area contributed by atoms with E-state index in [0.29, 0.717) is 40.7 Å². The van der Waals surface area contributed by atoms with Crippen molar-refractivity contribution < 1.29 is 4.21 Å². The summed E-state index contributed by atoms with van der Waals surface area (Å²) in [6.07, 6.45) is 9.18. The molecule has 1 aliphatic rings. The van der Waals surface area contributed by atoms with Gasteiger partial charge in [-0.05, 0) is 60.7 Å². The van der Waals surface area contributed by atoms with E-state index >= 15 is 0 Å². The Balaban J connectivity index is 1.71. The van der Waals surface area contributed by atoms with Crippen LogP contribution in [0.3, 0.4) is 0 Å². The van der Waals surface area contributed by atoms with E-state index in [1.54, 1.807) is 36.5 Å². The third-order valence-electron chi connectivity index (χ3n) is 6.01. The number of nitrogens with zero attached hydrogens (tertiary/aromatic N) is 3. The smallest absolute Gasteiger partial charge is 0.151 e. The molecule has 7 nitrogen and oxygen atoms in total. The molecule has 4 bridgehead atoms. The summed E-state index contributed by atoms with van der Waals surface area (Å²) >= 11 is 6.51. The number of aromatic nitrogens is 1. The standard InChI is InChI=1S/C29H29ClN6OS/c1-3-7-28-34-24-15-21(17-32-19-24)10-12-22-14-20(18-33-29(35-28)25(30)4-2)11-13-26(22)36-38(37)27-9-6-5-8-23(27)16-31/h3-6,8-9,11,13-15,17,19,28,34,36H,1,7,10,12,18H2,2H3,(H,33,35)/b25-4+. The van der Waals surface area contributed by atoms with Crippen LogP contribution in [0.5, 0.6) is 0 Å². The van der Waals surface area contributed by atoms with E-state index in [9.17, 15) is 9.47 Å². The van der Waals surface area contributed by atoms with Gasteiger partial charge in [-0.2, -0.15) is 5.26 Å². The Kier molecular flexibility index (Phi) is 9.30. The molecule has 3 aromatic rings. The highest BCUT2D eigenvalue weighted by molar-refractivity contribution is 7.86. The summed E-state index contributed by atoms with van der Waals surface area (Å²) in [5.41, 5.74) is 5.05. The SMILES string of the molecule is C=CCC1NC(/C(Cl)=C\C)=NCc2ccc(NS(=O)c3ccccc3C#N)c(c2)CCc2cncc(c2)N1. The zero-order valence-corrected chi connectivity index (χ0v) is 22.6. The van der Waals surface area contributed by atoms with Gasteiger partial charge in [0, 0.05) is 18.3 Å². The van der Waals surface area contributed by atoms with E-state index in [4.69, 9.17) is 16.6 Å². The first kappa shape index (κ1) is 27.1. The number of fused-ring (bicyclic) bond motifs is 4. The predicted octanol–water partition coefficient (Wildman–Crippen LogP) is 5.83. The number of halogens is 1. The second-order valence-corrected chi connectivity index (χ2v) is 10.3. The van der Waals surface area contributed by atoms with Crippen LogP contribution >= 0.6 is 11.6 Å². The lowest BCUT2D eigenvalue weighted by Gasteiger charge is -2.23. The largest absolute Gasteiger partial charge is 0.364 e. The number of allylic oxidation sites excluding steroid dienone is 1. The van der Waals surface area contributed by atoms with Crippen LogP contribution < -0.4 is 15.4 Å². The predicted molar refractivity (Wildman–Crippen MR) is 155 cm³/mol. The number of aryl methyl sites for hydroxylation is 2. The molecule has 0 aliphatic carbocycles. The van der Waals surface area contributed by atoms with Gasteiger partial charge < -0.3 is 15.4 Å². The minimum atomic E-state index is -1.60. The summed E-state index contributed by atoms with van der Waals surface area (Å²) in [5.74, 6) is 0.577. The fourth-order valence-electron chi connectivity index (χ4n) is 4.09. The van der Waals surface area contributed by atoms with E-state index in [2.05, 4.69) is 45.1 Å². The highest BCUT2D eigenvalue weighted by atomic mass is 35.5. The summed E-state index contributed by atoms with van der Waals surface area (Å²) in [6.45, 7) is 6.16. The van der Waals surface area contributed by atoms with E-state index in [-0.39, 0.29) is 6.17 Å². The lowest BCUT2D eigenvalue weighted by atomic mass is 10.0. The van der Waals surface area contributed by atoms with Crippen molar-refractivity contribution in [3.05, 3.63) is 107 Å². The maximum atomic E-state index is 13.2. The molecule has 4 rings (SSSR count). The minimum Gasteiger partial charge on any atom is -0.364 e. The number of pyridine rings is 1. The molecule has 9 heteroatoms. The summed E-state index contributed by atoms with van der Waals surface area (Å²) in [6, 6.07) is 17.0. The van der Waals surface area contributed by atoms with Crippen LogP contribution in [0.2, 0.25) is 0 Å². The van der Waals surface area contributed by atoms with Crippen LogP contribution in [0.15, 0.2) is 94.6 Å². The first-order valence-electron chi connectivity index (χ1n) is 12.2. The molecular weight excluding hydrogens is 516 g/mol. The maximum absolute atomic E-state index is 13.2. The fraction of sp³-hybridized carbons (Fsp3) is 0.207. The van der Waals surface area contributed by atoms with E-state index in [0.717, 1.165) is 34.5 Å². The molecule has 38 heavy (non-hydrogen) atoms. The van der Waals surface area contributed by atoms with Gasteiger partial charge in [-0.15, -0.1) is 6.58 Å². The van der Waals surface area contributed by atoms with Crippen LogP contribution in [0, 0.1) is 11.3 Å². The Morgan fingerprint density at radius 2 is 2.05 bits per heavy atom. The lowest BCUT2D eigenvalue weighted by molar-refractivity contribution is 0.686. The average molecular weight is 545 g/mol. The number of nitrogens with one attached hydrogen (secondary N) is 3. The van der Waals surface area contributed by atoms with Crippen molar-refractivity contribution in [2.75, 3.05) is 10.0 Å². The Labute approximate surface area is 231 Å². The van der Waals surface area contributed by atoms with Crippen LogP contribution in [0.1, 0.15) is 35.6 Å². The summed E-state index contributed by atoms with van der Waals surface area (Å²) in [4.78, 5) is 9.65. The highest BCUT2D eigenvalue weighted by Crippen LogP contribution is 2.24. The molecule has 0 radical (unpaired) electrons. The molecular formula is C29H29ClN6OS. The third-order valence-corrected chi connectivity index (χ3v) is 7.57. The number of rotatable bonds is 6. The molecule has 2 unspecified atom stereocenters. The maximum Gasteiger partial charge on any atom is 0.151 e. The van der Waals surface area contributed by atoms with Crippen LogP contribution in [-0.4, -0.2) is 21.2 Å². The zero-order valence-electron chi connectivity index (χ0n) is 21.1. The number of anilines is 2. The quantitative estimate of drug-likeness (QED) is 0.339. The van der Waals surface area contributed by atoms with Gasteiger partial charge in [0.15, 0.2) is 11.0 Å². The lowest BCUT2D eigenvalue weighted by Crippen LogP contribution is -2.40. The van der Waals surface area contributed by atoms with E-state index in [1.807, 2.05) is 31.3 Å². The number of hydrogen-bond donors (Lipinski definition) is 3. The first-order valence-corrected chi connectivity index (χ1v) is 13.8. The molecule has 2 aromatic carbocycles. The second kappa shape index (κ2) is 13.0. The molecule has 0 spiro atoms. The number of benzene rings is 2. The fourth-order valence-corrected chi connectivity index (χ4v) is 5.23. The molecule has 0 amide bonds. The van der Waals surface area contributed by atoms with Gasteiger partial charge >= 0.3 is 0 Å². The van der Waals surface area contributed by atoms with Crippen molar-refractivity contribution in [1.82, 2.24) is 10.3 Å². The molecule has 0 saturated heterocycles. The normalized spacial score (nSPS) is 16.5. The third kappa shape index (κ3) is 6.88. The molecule has 2 atom stereocenters. The van der Waals surface area contributed by atoms with Gasteiger partial charge in [0.05, 0.1) is 33.9 Å². The first-order chi connectivity index (χ1) is 18.5. The number of hydrogen-bond acceptors (Lipinski definition) is 6. The van der Waals surface area contributed by atoms with Crippen molar-refractivity contribution in [1.29, 1.82) is 5.26 Å². The summed E-state index contributed by atoms with van der Waals surface area (Å²) in [5, 5.41) is 16.8. The Morgan fingerprint density at radius 1 is 1.21 bits per heavy atom. The van der Waals surface area contributed by atoms with E-state index < -0.39 is 11.0 Å².